The average Bonchev–Trinajstić information content (AvgIpc) is 2.15. The van der Waals surface area contributed by atoms with E-state index in [1.807, 2.05) is 19.4 Å². The first-order valence-electron chi connectivity index (χ1n) is 4.68. The van der Waals surface area contributed by atoms with Crippen molar-refractivity contribution in [2.75, 3.05) is 24.0 Å². The maximum absolute atomic E-state index is 11.5. The number of hydrogen-bond acceptors (Lipinski definition) is 4. The van der Waals surface area contributed by atoms with Crippen LogP contribution in [0.3, 0.4) is 0 Å². The largest absolute Gasteiger partial charge is 0.299 e. The zero-order valence-corrected chi connectivity index (χ0v) is 10.7. The molecule has 0 heterocycles. The Morgan fingerprint density at radius 1 is 1.14 bits per heavy atom. The third kappa shape index (κ3) is 5.70. The summed E-state index contributed by atoms with van der Waals surface area (Å²) in [5, 5.41) is 0. The van der Waals surface area contributed by atoms with Crippen molar-refractivity contribution in [2.24, 2.45) is 5.92 Å². The summed E-state index contributed by atoms with van der Waals surface area (Å²) in [6, 6.07) is 0. The normalized spacial score (nSPS) is 12.5. The summed E-state index contributed by atoms with van der Waals surface area (Å²) in [5.41, 5.74) is 0. The summed E-state index contributed by atoms with van der Waals surface area (Å²) in [4.78, 5) is 22.9. The van der Waals surface area contributed by atoms with Crippen LogP contribution in [-0.2, 0) is 9.59 Å². The lowest BCUT2D eigenvalue weighted by molar-refractivity contribution is -0.125. The lowest BCUT2D eigenvalue weighted by Gasteiger charge is -2.11. The molecule has 14 heavy (non-hydrogen) atoms. The van der Waals surface area contributed by atoms with E-state index < -0.39 is 0 Å². The SMILES string of the molecule is CC[C@@H](CC(=O)CSC)C(=O)CSC. The van der Waals surface area contributed by atoms with Gasteiger partial charge in [-0.1, -0.05) is 6.92 Å². The third-order valence-electron chi connectivity index (χ3n) is 2.01. The fraction of sp³-hybridized carbons (Fsp3) is 0.800. The fourth-order valence-electron chi connectivity index (χ4n) is 1.24. The van der Waals surface area contributed by atoms with Crippen molar-refractivity contribution in [2.45, 2.75) is 19.8 Å². The Bertz CT molecular complexity index is 193. The molecular formula is C10H18O2S2. The first-order valence-corrected chi connectivity index (χ1v) is 7.46. The van der Waals surface area contributed by atoms with Crippen LogP contribution in [-0.4, -0.2) is 35.6 Å². The summed E-state index contributed by atoms with van der Waals surface area (Å²) in [6.45, 7) is 1.97. The Morgan fingerprint density at radius 2 is 1.71 bits per heavy atom. The molecule has 0 aliphatic rings. The Balaban J connectivity index is 4.01. The summed E-state index contributed by atoms with van der Waals surface area (Å²) < 4.78 is 0. The van der Waals surface area contributed by atoms with E-state index >= 15 is 0 Å². The highest BCUT2D eigenvalue weighted by Gasteiger charge is 2.18. The number of carbonyl (C=O) groups excluding carboxylic acids is 2. The van der Waals surface area contributed by atoms with Gasteiger partial charge in [0.05, 0.1) is 11.5 Å². The topological polar surface area (TPSA) is 34.1 Å². The molecule has 0 aromatic carbocycles. The molecule has 0 spiro atoms. The van der Waals surface area contributed by atoms with Gasteiger partial charge < -0.3 is 0 Å². The maximum atomic E-state index is 11.5. The van der Waals surface area contributed by atoms with Gasteiger partial charge in [0.25, 0.3) is 0 Å². The number of carbonyl (C=O) groups is 2. The number of Topliss-reactive ketones (excluding diaryl/α,β-unsaturated/α-hetero) is 2. The van der Waals surface area contributed by atoms with E-state index in [0.29, 0.717) is 17.9 Å². The van der Waals surface area contributed by atoms with E-state index in [9.17, 15) is 9.59 Å². The molecule has 0 aliphatic heterocycles. The van der Waals surface area contributed by atoms with E-state index in [1.165, 1.54) is 23.5 Å². The van der Waals surface area contributed by atoms with Crippen LogP contribution in [0.1, 0.15) is 19.8 Å². The maximum Gasteiger partial charge on any atom is 0.146 e. The highest BCUT2D eigenvalue weighted by atomic mass is 32.2. The Kier molecular flexibility index (Phi) is 8.38. The van der Waals surface area contributed by atoms with Crippen LogP contribution in [0.4, 0.5) is 0 Å². The lowest BCUT2D eigenvalue weighted by Crippen LogP contribution is -2.20. The number of thioether (sulfide) groups is 2. The van der Waals surface area contributed by atoms with Gasteiger partial charge in [0.15, 0.2) is 0 Å². The van der Waals surface area contributed by atoms with Gasteiger partial charge in [-0.2, -0.15) is 23.5 Å². The van der Waals surface area contributed by atoms with E-state index in [4.69, 9.17) is 0 Å². The molecule has 0 N–H and O–H groups in total. The molecule has 0 saturated heterocycles. The van der Waals surface area contributed by atoms with Crippen molar-refractivity contribution >= 4 is 35.1 Å². The lowest BCUT2D eigenvalue weighted by atomic mass is 9.96. The van der Waals surface area contributed by atoms with Crippen molar-refractivity contribution in [1.82, 2.24) is 0 Å². The van der Waals surface area contributed by atoms with Crippen LogP contribution in [0.25, 0.3) is 0 Å². The Hall–Kier alpha value is 0.0400. The molecule has 0 amide bonds. The Morgan fingerprint density at radius 3 is 2.14 bits per heavy atom. The van der Waals surface area contributed by atoms with Crippen LogP contribution >= 0.6 is 23.5 Å². The molecule has 0 bridgehead atoms. The van der Waals surface area contributed by atoms with Crippen molar-refractivity contribution in [3.8, 4) is 0 Å². The first kappa shape index (κ1) is 14.0. The third-order valence-corrected chi connectivity index (χ3v) is 3.20. The van der Waals surface area contributed by atoms with Crippen molar-refractivity contribution < 1.29 is 9.59 Å². The van der Waals surface area contributed by atoms with E-state index in [1.54, 1.807) is 0 Å². The molecule has 2 nitrogen and oxygen atoms in total. The number of ketones is 2. The molecule has 0 aromatic rings. The predicted molar refractivity (Wildman–Crippen MR) is 65.2 cm³/mol. The molecule has 82 valence electrons. The van der Waals surface area contributed by atoms with Crippen LogP contribution < -0.4 is 0 Å². The van der Waals surface area contributed by atoms with Crippen molar-refractivity contribution in [3.05, 3.63) is 0 Å². The van der Waals surface area contributed by atoms with Gasteiger partial charge in [-0.3, -0.25) is 9.59 Å². The number of hydrogen-bond donors (Lipinski definition) is 0. The van der Waals surface area contributed by atoms with Crippen LogP contribution in [0.5, 0.6) is 0 Å². The molecule has 0 unspecified atom stereocenters. The molecule has 0 saturated carbocycles. The van der Waals surface area contributed by atoms with Gasteiger partial charge >= 0.3 is 0 Å². The summed E-state index contributed by atoms with van der Waals surface area (Å²) in [6.07, 6.45) is 5.02. The zero-order valence-electron chi connectivity index (χ0n) is 9.04. The molecule has 4 heteroatoms. The van der Waals surface area contributed by atoms with Crippen molar-refractivity contribution in [1.29, 1.82) is 0 Å². The molecular weight excluding hydrogens is 216 g/mol. The van der Waals surface area contributed by atoms with E-state index in [2.05, 4.69) is 0 Å². The van der Waals surface area contributed by atoms with Gasteiger partial charge in [-0.05, 0) is 18.9 Å². The average molecular weight is 234 g/mol. The summed E-state index contributed by atoms with van der Waals surface area (Å²) >= 11 is 3.05. The van der Waals surface area contributed by atoms with Crippen LogP contribution in [0, 0.1) is 5.92 Å². The monoisotopic (exact) mass is 234 g/mol. The fourth-order valence-corrected chi connectivity index (χ4v) is 2.20. The first-order chi connectivity index (χ1) is 6.65. The van der Waals surface area contributed by atoms with E-state index in [0.717, 1.165) is 6.42 Å². The minimum atomic E-state index is -0.0536. The van der Waals surface area contributed by atoms with Crippen LogP contribution in [0.15, 0.2) is 0 Å². The van der Waals surface area contributed by atoms with Crippen LogP contribution in [0.2, 0.25) is 0 Å². The number of rotatable bonds is 8. The molecule has 0 aromatic heterocycles. The second kappa shape index (κ2) is 8.36. The molecule has 0 fully saturated rings. The van der Waals surface area contributed by atoms with Gasteiger partial charge in [0, 0.05) is 12.3 Å². The van der Waals surface area contributed by atoms with Gasteiger partial charge in [-0.15, -0.1) is 0 Å². The highest BCUT2D eigenvalue weighted by Crippen LogP contribution is 2.14. The quantitative estimate of drug-likeness (QED) is 0.645. The van der Waals surface area contributed by atoms with Gasteiger partial charge in [0.1, 0.15) is 11.6 Å². The second-order valence-corrected chi connectivity index (χ2v) is 4.91. The Labute approximate surface area is 94.6 Å². The molecule has 1 atom stereocenters. The second-order valence-electron chi connectivity index (χ2n) is 3.18. The van der Waals surface area contributed by atoms with Gasteiger partial charge in [0.2, 0.25) is 0 Å². The standard InChI is InChI=1S/C10H18O2S2/c1-4-8(10(12)7-14-3)5-9(11)6-13-2/h8H,4-7H2,1-3H3/t8-/m0/s1. The van der Waals surface area contributed by atoms with E-state index in [-0.39, 0.29) is 17.5 Å². The minimum absolute atomic E-state index is 0.0536. The molecule has 0 radical (unpaired) electrons. The predicted octanol–water partition coefficient (Wildman–Crippen LogP) is 2.27. The van der Waals surface area contributed by atoms with Crippen molar-refractivity contribution in [3.63, 3.8) is 0 Å². The zero-order chi connectivity index (χ0) is 11.0. The highest BCUT2D eigenvalue weighted by molar-refractivity contribution is 7.99. The molecule has 0 rings (SSSR count). The summed E-state index contributed by atoms with van der Waals surface area (Å²) in [5.74, 6) is 1.42. The molecule has 0 aliphatic carbocycles. The minimum Gasteiger partial charge on any atom is -0.299 e. The smallest absolute Gasteiger partial charge is 0.146 e. The summed E-state index contributed by atoms with van der Waals surface area (Å²) in [7, 11) is 0. The van der Waals surface area contributed by atoms with Gasteiger partial charge in [-0.25, -0.2) is 0 Å².